The van der Waals surface area contributed by atoms with Crippen LogP contribution in [0.25, 0.3) is 0 Å². The smallest absolute Gasteiger partial charge is 0.322 e. The molecule has 21 heavy (non-hydrogen) atoms. The molecule has 0 radical (unpaired) electrons. The van der Waals surface area contributed by atoms with Crippen molar-refractivity contribution in [2.75, 3.05) is 0 Å². The van der Waals surface area contributed by atoms with E-state index in [0.29, 0.717) is 18.4 Å². The highest BCUT2D eigenvalue weighted by Crippen LogP contribution is 2.24. The van der Waals surface area contributed by atoms with Crippen LogP contribution in [0, 0.1) is 0 Å². The molecule has 1 aromatic carbocycles. The molecule has 1 aliphatic carbocycles. The van der Waals surface area contributed by atoms with E-state index in [9.17, 15) is 23.4 Å². The highest BCUT2D eigenvalue weighted by atomic mass is 32.2. The third-order valence-corrected chi connectivity index (χ3v) is 5.68. The molecule has 0 aliphatic heterocycles. The van der Waals surface area contributed by atoms with Crippen molar-refractivity contribution >= 4 is 16.0 Å². The van der Waals surface area contributed by atoms with E-state index >= 15 is 0 Å². The van der Waals surface area contributed by atoms with Crippen LogP contribution in [-0.4, -0.2) is 35.9 Å². The van der Waals surface area contributed by atoms with E-state index in [1.165, 1.54) is 12.1 Å². The molecule has 1 atom stereocenters. The molecule has 6 nitrogen and oxygen atoms in total. The molecule has 0 bridgehead atoms. The van der Waals surface area contributed by atoms with Gasteiger partial charge in [0.25, 0.3) is 0 Å². The van der Waals surface area contributed by atoms with Crippen molar-refractivity contribution in [1.29, 1.82) is 0 Å². The van der Waals surface area contributed by atoms with Crippen LogP contribution in [0.15, 0.2) is 24.3 Å². The van der Waals surface area contributed by atoms with E-state index in [4.69, 9.17) is 0 Å². The van der Waals surface area contributed by atoms with Crippen LogP contribution in [-0.2, 0) is 21.2 Å². The number of hydrogen-bond donors (Lipinski definition) is 3. The summed E-state index contributed by atoms with van der Waals surface area (Å²) in [5.74, 6) is -1.12. The van der Waals surface area contributed by atoms with Crippen molar-refractivity contribution in [3.63, 3.8) is 0 Å². The quantitative estimate of drug-likeness (QED) is 0.733. The molecule has 0 aromatic heterocycles. The molecule has 3 N–H and O–H groups in total. The van der Waals surface area contributed by atoms with Gasteiger partial charge < -0.3 is 10.2 Å². The Labute approximate surface area is 123 Å². The summed E-state index contributed by atoms with van der Waals surface area (Å²) < 4.78 is 26.7. The van der Waals surface area contributed by atoms with Crippen molar-refractivity contribution < 1.29 is 23.4 Å². The van der Waals surface area contributed by atoms with Crippen LogP contribution in [0.4, 0.5) is 0 Å². The normalized spacial score (nSPS) is 17.7. The Morgan fingerprint density at radius 3 is 2.33 bits per heavy atom. The Bertz CT molecular complexity index is 590. The standard InChI is InChI=1S/C14H19NO5S/c16-11-7-5-10(6-8-11)9-13(14(17)18)15-21(19,20)12-3-1-2-4-12/h5-8,12-13,15-16H,1-4,9H2,(H,17,18)/t13-/m1/s1. The van der Waals surface area contributed by atoms with Crippen LogP contribution in [0.3, 0.4) is 0 Å². The van der Waals surface area contributed by atoms with Gasteiger partial charge in [-0.25, -0.2) is 13.1 Å². The third kappa shape index (κ3) is 4.18. The zero-order valence-corrected chi connectivity index (χ0v) is 12.3. The van der Waals surface area contributed by atoms with Crippen molar-refractivity contribution in [2.45, 2.75) is 43.4 Å². The number of carboxylic acids is 1. The molecule has 7 heteroatoms. The number of carbonyl (C=O) groups is 1. The first kappa shape index (κ1) is 15.8. The lowest BCUT2D eigenvalue weighted by Crippen LogP contribution is -2.45. The molecular weight excluding hydrogens is 294 g/mol. The number of hydrogen-bond acceptors (Lipinski definition) is 4. The number of aromatic hydroxyl groups is 1. The minimum atomic E-state index is -3.61. The average Bonchev–Trinajstić information content (AvgIpc) is 2.95. The van der Waals surface area contributed by atoms with Gasteiger partial charge in [-0.1, -0.05) is 25.0 Å². The summed E-state index contributed by atoms with van der Waals surface area (Å²) in [6.07, 6.45) is 2.94. The van der Waals surface area contributed by atoms with Gasteiger partial charge in [0.2, 0.25) is 10.0 Å². The van der Waals surface area contributed by atoms with Crippen molar-refractivity contribution in [3.05, 3.63) is 29.8 Å². The summed E-state index contributed by atoms with van der Waals surface area (Å²) in [5, 5.41) is 17.9. The number of nitrogens with one attached hydrogen (secondary N) is 1. The molecular formula is C14H19NO5S. The zero-order valence-electron chi connectivity index (χ0n) is 11.5. The van der Waals surface area contributed by atoms with Crippen LogP contribution in [0.2, 0.25) is 0 Å². The van der Waals surface area contributed by atoms with E-state index in [0.717, 1.165) is 12.8 Å². The second kappa shape index (κ2) is 6.44. The van der Waals surface area contributed by atoms with Gasteiger partial charge in [0.15, 0.2) is 0 Å². The predicted octanol–water partition coefficient (Wildman–Crippen LogP) is 1.25. The summed E-state index contributed by atoms with van der Waals surface area (Å²) >= 11 is 0. The predicted molar refractivity (Wildman–Crippen MR) is 77.5 cm³/mol. The average molecular weight is 313 g/mol. The molecule has 116 valence electrons. The van der Waals surface area contributed by atoms with Gasteiger partial charge in [-0.2, -0.15) is 0 Å². The molecule has 0 spiro atoms. The first-order valence-electron chi connectivity index (χ1n) is 6.90. The molecule has 1 saturated carbocycles. The minimum Gasteiger partial charge on any atom is -0.508 e. The third-order valence-electron chi connectivity index (χ3n) is 3.72. The van der Waals surface area contributed by atoms with Crippen molar-refractivity contribution in [1.82, 2.24) is 4.72 Å². The number of rotatable bonds is 6. The van der Waals surface area contributed by atoms with Crippen molar-refractivity contribution in [3.8, 4) is 5.75 Å². The highest BCUT2D eigenvalue weighted by molar-refractivity contribution is 7.90. The molecule has 0 unspecified atom stereocenters. The number of benzene rings is 1. The van der Waals surface area contributed by atoms with E-state index in [1.54, 1.807) is 12.1 Å². The van der Waals surface area contributed by atoms with Crippen LogP contribution < -0.4 is 4.72 Å². The Balaban J connectivity index is 2.08. The Morgan fingerprint density at radius 2 is 1.81 bits per heavy atom. The fourth-order valence-corrected chi connectivity index (χ4v) is 4.27. The number of phenols is 1. The second-order valence-electron chi connectivity index (χ2n) is 5.33. The summed E-state index contributed by atoms with van der Waals surface area (Å²) in [7, 11) is -3.61. The monoisotopic (exact) mass is 313 g/mol. The minimum absolute atomic E-state index is 0.0432. The fourth-order valence-electron chi connectivity index (χ4n) is 2.54. The molecule has 1 fully saturated rings. The molecule has 1 aliphatic rings. The topological polar surface area (TPSA) is 104 Å². The molecule has 0 amide bonds. The van der Waals surface area contributed by atoms with Gasteiger partial charge >= 0.3 is 5.97 Å². The molecule has 2 rings (SSSR count). The Morgan fingerprint density at radius 1 is 1.24 bits per heavy atom. The first-order chi connectivity index (χ1) is 9.88. The summed E-state index contributed by atoms with van der Waals surface area (Å²) in [6.45, 7) is 0. The van der Waals surface area contributed by atoms with Gasteiger partial charge in [0, 0.05) is 0 Å². The summed E-state index contributed by atoms with van der Waals surface area (Å²) in [5.41, 5.74) is 0.648. The van der Waals surface area contributed by atoms with E-state index in [2.05, 4.69) is 4.72 Å². The van der Waals surface area contributed by atoms with Gasteiger partial charge in [-0.3, -0.25) is 4.79 Å². The van der Waals surface area contributed by atoms with E-state index < -0.39 is 27.3 Å². The Kier molecular flexibility index (Phi) is 4.84. The maximum atomic E-state index is 12.2. The summed E-state index contributed by atoms with van der Waals surface area (Å²) in [6, 6.07) is 4.85. The second-order valence-corrected chi connectivity index (χ2v) is 7.32. The van der Waals surface area contributed by atoms with Crippen molar-refractivity contribution in [2.24, 2.45) is 0 Å². The van der Waals surface area contributed by atoms with Gasteiger partial charge in [-0.15, -0.1) is 0 Å². The largest absolute Gasteiger partial charge is 0.508 e. The lowest BCUT2D eigenvalue weighted by Gasteiger charge is -2.18. The molecule has 0 saturated heterocycles. The van der Waals surface area contributed by atoms with E-state index in [1.807, 2.05) is 0 Å². The van der Waals surface area contributed by atoms with Gasteiger partial charge in [-0.05, 0) is 37.0 Å². The molecule has 1 aromatic rings. The van der Waals surface area contributed by atoms with Crippen LogP contribution in [0.5, 0.6) is 5.75 Å². The fraction of sp³-hybridized carbons (Fsp3) is 0.500. The lowest BCUT2D eigenvalue weighted by molar-refractivity contribution is -0.138. The van der Waals surface area contributed by atoms with Crippen LogP contribution >= 0.6 is 0 Å². The molecule has 0 heterocycles. The highest BCUT2D eigenvalue weighted by Gasteiger charge is 2.32. The number of phenolic OH excluding ortho intramolecular Hbond substituents is 1. The maximum Gasteiger partial charge on any atom is 0.322 e. The number of carboxylic acid groups (broad SMARTS) is 1. The van der Waals surface area contributed by atoms with Gasteiger partial charge in [0.1, 0.15) is 11.8 Å². The Hall–Kier alpha value is -1.60. The van der Waals surface area contributed by atoms with Gasteiger partial charge in [0.05, 0.1) is 5.25 Å². The van der Waals surface area contributed by atoms with E-state index in [-0.39, 0.29) is 12.2 Å². The maximum absolute atomic E-state index is 12.2. The van der Waals surface area contributed by atoms with Crippen LogP contribution in [0.1, 0.15) is 31.2 Å². The SMILES string of the molecule is O=C(O)[C@@H](Cc1ccc(O)cc1)NS(=O)(=O)C1CCCC1. The lowest BCUT2D eigenvalue weighted by atomic mass is 10.1. The summed E-state index contributed by atoms with van der Waals surface area (Å²) in [4.78, 5) is 11.3. The number of sulfonamides is 1. The zero-order chi connectivity index (χ0) is 15.5. The first-order valence-corrected chi connectivity index (χ1v) is 8.45. The number of aliphatic carboxylic acids is 1.